The molecule has 1 N–H and O–H groups in total. The first-order valence-electron chi connectivity index (χ1n) is 6.13. The Balaban J connectivity index is 2.81. The van der Waals surface area contributed by atoms with Crippen molar-refractivity contribution in [2.75, 3.05) is 14.2 Å². The summed E-state index contributed by atoms with van der Waals surface area (Å²) >= 11 is 0. The third-order valence-corrected chi connectivity index (χ3v) is 2.87. The molecule has 1 unspecified atom stereocenters. The van der Waals surface area contributed by atoms with Gasteiger partial charge in [0.1, 0.15) is 0 Å². The van der Waals surface area contributed by atoms with Gasteiger partial charge in [0.25, 0.3) is 0 Å². The van der Waals surface area contributed by atoms with Crippen LogP contribution in [0.3, 0.4) is 0 Å². The second kappa shape index (κ2) is 7.17. The number of hydrogen-bond acceptors (Lipinski definition) is 3. The predicted molar refractivity (Wildman–Crippen MR) is 68.6 cm³/mol. The Morgan fingerprint density at radius 3 is 2.53 bits per heavy atom. The molecular weight excluding hydrogens is 216 g/mol. The Kier molecular flexibility index (Phi) is 5.84. The van der Waals surface area contributed by atoms with E-state index in [0.717, 1.165) is 31.2 Å². The number of methoxy groups -OCH3 is 2. The monoisotopic (exact) mass is 238 g/mol. The standard InChI is InChI=1S/C14H22O3/c1-4-5-6-9-12(15)11-8-7-10-13(16-2)14(11)17-3/h7-8,10,12,15H,4-6,9H2,1-3H3. The first kappa shape index (κ1) is 13.8. The largest absolute Gasteiger partial charge is 0.493 e. The quantitative estimate of drug-likeness (QED) is 0.741. The first-order chi connectivity index (χ1) is 8.24. The highest BCUT2D eigenvalue weighted by atomic mass is 16.5. The third-order valence-electron chi connectivity index (χ3n) is 2.87. The van der Waals surface area contributed by atoms with Gasteiger partial charge in [-0.2, -0.15) is 0 Å². The van der Waals surface area contributed by atoms with Crippen LogP contribution in [0.4, 0.5) is 0 Å². The number of ether oxygens (including phenoxy) is 2. The van der Waals surface area contributed by atoms with Gasteiger partial charge in [0.2, 0.25) is 0 Å². The number of aliphatic hydroxyl groups excluding tert-OH is 1. The first-order valence-corrected chi connectivity index (χ1v) is 6.13. The Hall–Kier alpha value is -1.22. The van der Waals surface area contributed by atoms with Gasteiger partial charge < -0.3 is 14.6 Å². The van der Waals surface area contributed by atoms with Gasteiger partial charge in [-0.05, 0) is 12.5 Å². The van der Waals surface area contributed by atoms with E-state index in [0.29, 0.717) is 11.5 Å². The zero-order valence-electron chi connectivity index (χ0n) is 10.9. The molecule has 1 rings (SSSR count). The SMILES string of the molecule is CCCCCC(O)c1cccc(OC)c1OC. The summed E-state index contributed by atoms with van der Waals surface area (Å²) in [6.45, 7) is 2.15. The maximum atomic E-state index is 10.1. The van der Waals surface area contributed by atoms with Crippen LogP contribution in [0.25, 0.3) is 0 Å². The Morgan fingerprint density at radius 2 is 1.94 bits per heavy atom. The highest BCUT2D eigenvalue weighted by Crippen LogP contribution is 2.36. The normalized spacial score (nSPS) is 12.2. The van der Waals surface area contributed by atoms with Crippen LogP contribution in [0, 0.1) is 0 Å². The fourth-order valence-corrected chi connectivity index (χ4v) is 1.92. The van der Waals surface area contributed by atoms with Crippen molar-refractivity contribution < 1.29 is 14.6 Å². The number of para-hydroxylation sites is 1. The van der Waals surface area contributed by atoms with Gasteiger partial charge in [-0.1, -0.05) is 38.3 Å². The molecule has 0 aliphatic heterocycles. The zero-order chi connectivity index (χ0) is 12.7. The molecule has 1 atom stereocenters. The van der Waals surface area contributed by atoms with Gasteiger partial charge in [-0.25, -0.2) is 0 Å². The van der Waals surface area contributed by atoms with Crippen molar-refractivity contribution in [2.45, 2.75) is 38.7 Å². The van der Waals surface area contributed by atoms with Crippen LogP contribution in [-0.2, 0) is 0 Å². The van der Waals surface area contributed by atoms with Crippen LogP contribution in [0.5, 0.6) is 11.5 Å². The van der Waals surface area contributed by atoms with E-state index in [1.807, 2.05) is 18.2 Å². The minimum absolute atomic E-state index is 0.480. The van der Waals surface area contributed by atoms with E-state index in [4.69, 9.17) is 9.47 Å². The van der Waals surface area contributed by atoms with Crippen molar-refractivity contribution in [3.8, 4) is 11.5 Å². The molecule has 0 heterocycles. The summed E-state index contributed by atoms with van der Waals surface area (Å²) in [5.74, 6) is 1.30. The van der Waals surface area contributed by atoms with Crippen LogP contribution in [-0.4, -0.2) is 19.3 Å². The summed E-state index contributed by atoms with van der Waals surface area (Å²) in [7, 11) is 3.20. The lowest BCUT2D eigenvalue weighted by atomic mass is 10.0. The molecule has 0 radical (unpaired) electrons. The average molecular weight is 238 g/mol. The van der Waals surface area contributed by atoms with Crippen LogP contribution in [0.2, 0.25) is 0 Å². The second-order valence-corrected chi connectivity index (χ2v) is 4.09. The van der Waals surface area contributed by atoms with E-state index >= 15 is 0 Å². The van der Waals surface area contributed by atoms with Gasteiger partial charge in [-0.3, -0.25) is 0 Å². The molecule has 3 nitrogen and oxygen atoms in total. The summed E-state index contributed by atoms with van der Waals surface area (Å²) in [4.78, 5) is 0. The predicted octanol–water partition coefficient (Wildman–Crippen LogP) is 3.32. The molecule has 0 saturated carbocycles. The number of rotatable bonds is 7. The summed E-state index contributed by atoms with van der Waals surface area (Å²) in [6.07, 6.45) is 3.60. The third kappa shape index (κ3) is 3.63. The van der Waals surface area contributed by atoms with E-state index in [1.54, 1.807) is 14.2 Å². The molecule has 0 amide bonds. The van der Waals surface area contributed by atoms with Gasteiger partial charge in [-0.15, -0.1) is 0 Å². The van der Waals surface area contributed by atoms with Crippen molar-refractivity contribution in [1.29, 1.82) is 0 Å². The molecule has 96 valence electrons. The molecule has 3 heteroatoms. The molecule has 1 aromatic rings. The molecule has 0 saturated heterocycles. The van der Waals surface area contributed by atoms with Gasteiger partial charge in [0.15, 0.2) is 11.5 Å². The van der Waals surface area contributed by atoms with Crippen molar-refractivity contribution in [3.63, 3.8) is 0 Å². The van der Waals surface area contributed by atoms with Crippen molar-refractivity contribution >= 4 is 0 Å². The molecule has 0 spiro atoms. The molecule has 17 heavy (non-hydrogen) atoms. The highest BCUT2D eigenvalue weighted by molar-refractivity contribution is 5.47. The minimum atomic E-state index is -0.480. The zero-order valence-corrected chi connectivity index (χ0v) is 10.9. The lowest BCUT2D eigenvalue weighted by Crippen LogP contribution is -2.02. The molecule has 0 fully saturated rings. The maximum Gasteiger partial charge on any atom is 0.166 e. The van der Waals surface area contributed by atoms with Crippen LogP contribution < -0.4 is 9.47 Å². The number of benzene rings is 1. The number of aliphatic hydroxyl groups is 1. The van der Waals surface area contributed by atoms with Crippen molar-refractivity contribution in [1.82, 2.24) is 0 Å². The fourth-order valence-electron chi connectivity index (χ4n) is 1.92. The lowest BCUT2D eigenvalue weighted by molar-refractivity contribution is 0.158. The van der Waals surface area contributed by atoms with E-state index in [1.165, 1.54) is 0 Å². The smallest absolute Gasteiger partial charge is 0.166 e. The van der Waals surface area contributed by atoms with Gasteiger partial charge in [0, 0.05) is 5.56 Å². The second-order valence-electron chi connectivity index (χ2n) is 4.09. The molecule has 0 bridgehead atoms. The topological polar surface area (TPSA) is 38.7 Å². The molecule has 1 aromatic carbocycles. The molecule has 0 aliphatic carbocycles. The van der Waals surface area contributed by atoms with E-state index < -0.39 is 6.10 Å². The highest BCUT2D eigenvalue weighted by Gasteiger charge is 2.16. The number of hydrogen-bond donors (Lipinski definition) is 1. The molecular formula is C14H22O3. The summed E-state index contributed by atoms with van der Waals surface area (Å²) in [6, 6.07) is 5.60. The Labute approximate surface area is 103 Å². The van der Waals surface area contributed by atoms with Crippen LogP contribution in [0.15, 0.2) is 18.2 Å². The number of unbranched alkanes of at least 4 members (excludes halogenated alkanes) is 2. The van der Waals surface area contributed by atoms with E-state index in [9.17, 15) is 5.11 Å². The summed E-state index contributed by atoms with van der Waals surface area (Å²) in [5.41, 5.74) is 0.808. The maximum absolute atomic E-state index is 10.1. The summed E-state index contributed by atoms with van der Waals surface area (Å²) in [5, 5.41) is 10.1. The Bertz CT molecular complexity index is 336. The van der Waals surface area contributed by atoms with Gasteiger partial charge in [0.05, 0.1) is 20.3 Å². The molecule has 0 aliphatic rings. The average Bonchev–Trinajstić information content (AvgIpc) is 2.37. The fraction of sp³-hybridized carbons (Fsp3) is 0.571. The van der Waals surface area contributed by atoms with E-state index in [-0.39, 0.29) is 0 Å². The molecule has 0 aromatic heterocycles. The van der Waals surface area contributed by atoms with Crippen molar-refractivity contribution in [3.05, 3.63) is 23.8 Å². The van der Waals surface area contributed by atoms with Gasteiger partial charge >= 0.3 is 0 Å². The lowest BCUT2D eigenvalue weighted by Gasteiger charge is -2.16. The van der Waals surface area contributed by atoms with E-state index in [2.05, 4.69) is 6.92 Å². The summed E-state index contributed by atoms with van der Waals surface area (Å²) < 4.78 is 10.5. The van der Waals surface area contributed by atoms with Crippen molar-refractivity contribution in [2.24, 2.45) is 0 Å². The van der Waals surface area contributed by atoms with Crippen LogP contribution in [0.1, 0.15) is 44.3 Å². The van der Waals surface area contributed by atoms with Crippen LogP contribution >= 0.6 is 0 Å². The Morgan fingerprint density at radius 1 is 1.18 bits per heavy atom. The minimum Gasteiger partial charge on any atom is -0.493 e.